The molecule has 0 radical (unpaired) electrons. The van der Waals surface area contributed by atoms with Gasteiger partial charge in [-0.05, 0) is 13.3 Å². The van der Waals surface area contributed by atoms with Crippen LogP contribution in [0.4, 0.5) is 0 Å². The van der Waals surface area contributed by atoms with Crippen LogP contribution in [0.2, 0.25) is 0 Å². The van der Waals surface area contributed by atoms with E-state index in [9.17, 15) is 0 Å². The van der Waals surface area contributed by atoms with Gasteiger partial charge in [-0.15, -0.1) is 0 Å². The van der Waals surface area contributed by atoms with Crippen LogP contribution in [0.1, 0.15) is 34.1 Å². The van der Waals surface area contributed by atoms with Crippen molar-refractivity contribution in [3.8, 4) is 0 Å². The van der Waals surface area contributed by atoms with Crippen LogP contribution in [0.25, 0.3) is 0 Å². The van der Waals surface area contributed by atoms with E-state index in [1.165, 1.54) is 0 Å². The van der Waals surface area contributed by atoms with Crippen molar-refractivity contribution in [2.75, 3.05) is 13.2 Å². The quantitative estimate of drug-likeness (QED) is 0.597. The van der Waals surface area contributed by atoms with Crippen molar-refractivity contribution in [1.29, 1.82) is 0 Å². The number of hydrogen-bond acceptors (Lipinski definition) is 2. The van der Waals surface area contributed by atoms with Gasteiger partial charge in [-0.1, -0.05) is 20.8 Å². The van der Waals surface area contributed by atoms with Gasteiger partial charge in [0.15, 0.2) is 0 Å². The SMILES string of the molecule is CCC(C)OCCNC(C)C. The number of rotatable bonds is 6. The minimum Gasteiger partial charge on any atom is -0.377 e. The zero-order valence-electron chi connectivity index (χ0n) is 8.18. The Hall–Kier alpha value is -0.0800. The number of nitrogens with one attached hydrogen (secondary N) is 1. The van der Waals surface area contributed by atoms with Gasteiger partial charge >= 0.3 is 0 Å². The third-order valence-corrected chi connectivity index (χ3v) is 1.63. The molecule has 11 heavy (non-hydrogen) atoms. The predicted octanol–water partition coefficient (Wildman–Crippen LogP) is 1.80. The predicted molar refractivity (Wildman–Crippen MR) is 48.8 cm³/mol. The van der Waals surface area contributed by atoms with Gasteiger partial charge in [0.1, 0.15) is 0 Å². The van der Waals surface area contributed by atoms with Gasteiger partial charge in [0.25, 0.3) is 0 Å². The molecule has 0 aliphatic carbocycles. The maximum atomic E-state index is 5.48. The summed E-state index contributed by atoms with van der Waals surface area (Å²) in [6, 6.07) is 0.565. The molecule has 0 spiro atoms. The first kappa shape index (κ1) is 10.9. The normalized spacial score (nSPS) is 13.9. The lowest BCUT2D eigenvalue weighted by Crippen LogP contribution is -2.27. The first-order valence-electron chi connectivity index (χ1n) is 4.51. The standard InChI is InChI=1S/C9H21NO/c1-5-9(4)11-7-6-10-8(2)3/h8-10H,5-7H2,1-4H3. The summed E-state index contributed by atoms with van der Waals surface area (Å²) in [5, 5.41) is 3.30. The third-order valence-electron chi connectivity index (χ3n) is 1.63. The first-order valence-corrected chi connectivity index (χ1v) is 4.51. The summed E-state index contributed by atoms with van der Waals surface area (Å²) in [5.41, 5.74) is 0. The average Bonchev–Trinajstić information content (AvgIpc) is 1.97. The van der Waals surface area contributed by atoms with Crippen LogP contribution in [0.5, 0.6) is 0 Å². The van der Waals surface area contributed by atoms with Crippen LogP contribution < -0.4 is 5.32 Å². The Bertz CT molecular complexity index is 83.6. The molecule has 1 unspecified atom stereocenters. The maximum Gasteiger partial charge on any atom is 0.0594 e. The van der Waals surface area contributed by atoms with Crippen molar-refractivity contribution in [3.63, 3.8) is 0 Å². The molecular weight excluding hydrogens is 138 g/mol. The molecule has 68 valence electrons. The lowest BCUT2D eigenvalue weighted by Gasteiger charge is -2.12. The minimum absolute atomic E-state index is 0.406. The van der Waals surface area contributed by atoms with E-state index in [2.05, 4.69) is 33.0 Å². The molecule has 0 aromatic rings. The van der Waals surface area contributed by atoms with Gasteiger partial charge in [-0.2, -0.15) is 0 Å². The second-order valence-electron chi connectivity index (χ2n) is 3.20. The lowest BCUT2D eigenvalue weighted by atomic mass is 10.3. The molecule has 0 saturated carbocycles. The summed E-state index contributed by atoms with van der Waals surface area (Å²) in [6.45, 7) is 10.3. The van der Waals surface area contributed by atoms with Crippen molar-refractivity contribution in [3.05, 3.63) is 0 Å². The summed E-state index contributed by atoms with van der Waals surface area (Å²) in [4.78, 5) is 0. The fraction of sp³-hybridized carbons (Fsp3) is 1.00. The largest absolute Gasteiger partial charge is 0.377 e. The minimum atomic E-state index is 0.406. The van der Waals surface area contributed by atoms with Gasteiger partial charge in [-0.3, -0.25) is 0 Å². The number of hydrogen-bond donors (Lipinski definition) is 1. The highest BCUT2D eigenvalue weighted by molar-refractivity contribution is 4.52. The van der Waals surface area contributed by atoms with Gasteiger partial charge in [0.2, 0.25) is 0 Å². The molecule has 0 bridgehead atoms. The van der Waals surface area contributed by atoms with Gasteiger partial charge in [0, 0.05) is 12.6 Å². The molecule has 0 amide bonds. The van der Waals surface area contributed by atoms with E-state index in [0.29, 0.717) is 12.1 Å². The van der Waals surface area contributed by atoms with Crippen LogP contribution >= 0.6 is 0 Å². The summed E-state index contributed by atoms with van der Waals surface area (Å²) in [7, 11) is 0. The highest BCUT2D eigenvalue weighted by Gasteiger charge is 1.97. The average molecular weight is 159 g/mol. The van der Waals surface area contributed by atoms with Crippen LogP contribution in [0.3, 0.4) is 0 Å². The summed E-state index contributed by atoms with van der Waals surface area (Å²) in [6.07, 6.45) is 1.51. The second-order valence-corrected chi connectivity index (χ2v) is 3.20. The van der Waals surface area contributed by atoms with E-state index in [1.807, 2.05) is 0 Å². The molecule has 2 nitrogen and oxygen atoms in total. The lowest BCUT2D eigenvalue weighted by molar-refractivity contribution is 0.0648. The molecular formula is C9H21NO. The molecule has 2 heteroatoms. The Kier molecular flexibility index (Phi) is 6.57. The van der Waals surface area contributed by atoms with Crippen LogP contribution in [-0.2, 0) is 4.74 Å². The highest BCUT2D eigenvalue weighted by atomic mass is 16.5. The van der Waals surface area contributed by atoms with Crippen LogP contribution in [0.15, 0.2) is 0 Å². The van der Waals surface area contributed by atoms with E-state index < -0.39 is 0 Å². The molecule has 1 N–H and O–H groups in total. The molecule has 1 atom stereocenters. The second kappa shape index (κ2) is 6.62. The topological polar surface area (TPSA) is 21.3 Å². The smallest absolute Gasteiger partial charge is 0.0594 e. The molecule has 0 rings (SSSR count). The van der Waals surface area contributed by atoms with E-state index in [1.54, 1.807) is 0 Å². The van der Waals surface area contributed by atoms with E-state index in [4.69, 9.17) is 4.74 Å². The Morgan fingerprint density at radius 1 is 1.27 bits per heavy atom. The van der Waals surface area contributed by atoms with E-state index in [0.717, 1.165) is 19.6 Å². The molecule has 0 saturated heterocycles. The monoisotopic (exact) mass is 159 g/mol. The zero-order chi connectivity index (χ0) is 8.69. The Balaban J connectivity index is 3.01. The van der Waals surface area contributed by atoms with Crippen LogP contribution in [-0.4, -0.2) is 25.3 Å². The van der Waals surface area contributed by atoms with Crippen molar-refractivity contribution in [2.45, 2.75) is 46.3 Å². The van der Waals surface area contributed by atoms with Crippen LogP contribution in [0, 0.1) is 0 Å². The summed E-state index contributed by atoms with van der Waals surface area (Å²) < 4.78 is 5.48. The molecule has 0 aliphatic heterocycles. The third kappa shape index (κ3) is 7.82. The van der Waals surface area contributed by atoms with E-state index in [-0.39, 0.29) is 0 Å². The van der Waals surface area contributed by atoms with Gasteiger partial charge in [-0.25, -0.2) is 0 Å². The van der Waals surface area contributed by atoms with E-state index >= 15 is 0 Å². The molecule has 0 aromatic carbocycles. The Morgan fingerprint density at radius 2 is 1.91 bits per heavy atom. The fourth-order valence-corrected chi connectivity index (χ4v) is 0.726. The summed E-state index contributed by atoms with van der Waals surface area (Å²) >= 11 is 0. The Labute approximate surface area is 70.3 Å². The van der Waals surface area contributed by atoms with Crippen molar-refractivity contribution >= 4 is 0 Å². The molecule has 0 fully saturated rings. The van der Waals surface area contributed by atoms with Gasteiger partial charge < -0.3 is 10.1 Å². The van der Waals surface area contributed by atoms with Crippen molar-refractivity contribution in [1.82, 2.24) is 5.32 Å². The maximum absolute atomic E-state index is 5.48. The van der Waals surface area contributed by atoms with Crippen molar-refractivity contribution < 1.29 is 4.74 Å². The number of ether oxygens (including phenoxy) is 1. The first-order chi connectivity index (χ1) is 5.16. The van der Waals surface area contributed by atoms with Gasteiger partial charge in [0.05, 0.1) is 12.7 Å². The molecule has 0 aromatic heterocycles. The molecule has 0 aliphatic rings. The molecule has 0 heterocycles. The Morgan fingerprint density at radius 3 is 2.36 bits per heavy atom. The fourth-order valence-electron chi connectivity index (χ4n) is 0.726. The zero-order valence-corrected chi connectivity index (χ0v) is 8.18. The highest BCUT2D eigenvalue weighted by Crippen LogP contribution is 1.93. The summed E-state index contributed by atoms with van der Waals surface area (Å²) in [5.74, 6) is 0. The van der Waals surface area contributed by atoms with Crippen molar-refractivity contribution in [2.24, 2.45) is 0 Å².